The molecular formula is C14H22F4. The van der Waals surface area contributed by atoms with Crippen LogP contribution in [0.4, 0.5) is 17.6 Å². The second-order valence-corrected chi connectivity index (χ2v) is 5.94. The van der Waals surface area contributed by atoms with Crippen molar-refractivity contribution in [2.45, 2.75) is 76.1 Å². The Kier molecular flexibility index (Phi) is 4.22. The first kappa shape index (κ1) is 14.1. The molecule has 4 heteroatoms. The van der Waals surface area contributed by atoms with Gasteiger partial charge in [0.1, 0.15) is 0 Å². The van der Waals surface area contributed by atoms with Gasteiger partial charge < -0.3 is 0 Å². The molecule has 0 amide bonds. The van der Waals surface area contributed by atoms with Crippen LogP contribution in [-0.2, 0) is 0 Å². The van der Waals surface area contributed by atoms with Crippen molar-refractivity contribution in [3.05, 3.63) is 0 Å². The van der Waals surface area contributed by atoms with E-state index in [4.69, 9.17) is 0 Å². The quantitative estimate of drug-likeness (QED) is 0.585. The highest BCUT2D eigenvalue weighted by Gasteiger charge is 2.63. The third kappa shape index (κ3) is 2.53. The molecule has 0 heterocycles. The van der Waals surface area contributed by atoms with Gasteiger partial charge in [-0.3, -0.25) is 0 Å². The summed E-state index contributed by atoms with van der Waals surface area (Å²) in [5, 5.41) is 0. The molecule has 0 radical (unpaired) electrons. The number of alkyl halides is 4. The third-order valence-corrected chi connectivity index (χ3v) is 4.83. The van der Waals surface area contributed by atoms with Crippen LogP contribution in [0, 0.1) is 11.8 Å². The largest absolute Gasteiger partial charge is 0.423 e. The minimum absolute atomic E-state index is 0.409. The summed E-state index contributed by atoms with van der Waals surface area (Å²) in [7, 11) is 0. The lowest BCUT2D eigenvalue weighted by Gasteiger charge is -2.44. The second-order valence-electron chi connectivity index (χ2n) is 5.94. The molecule has 0 spiro atoms. The van der Waals surface area contributed by atoms with E-state index >= 15 is 0 Å². The molecule has 0 saturated heterocycles. The minimum atomic E-state index is -4.70. The lowest BCUT2D eigenvalue weighted by atomic mass is 9.67. The lowest BCUT2D eigenvalue weighted by Crippen LogP contribution is -2.54. The van der Waals surface area contributed by atoms with E-state index in [1.165, 1.54) is 0 Å². The fraction of sp³-hybridized carbons (Fsp3) is 1.00. The van der Waals surface area contributed by atoms with Crippen LogP contribution in [0.25, 0.3) is 0 Å². The van der Waals surface area contributed by atoms with E-state index in [2.05, 4.69) is 0 Å². The van der Waals surface area contributed by atoms with Crippen LogP contribution in [0.3, 0.4) is 0 Å². The molecule has 2 aliphatic rings. The van der Waals surface area contributed by atoms with Crippen LogP contribution in [-0.4, -0.2) is 11.8 Å². The van der Waals surface area contributed by atoms with Crippen molar-refractivity contribution in [2.75, 3.05) is 0 Å². The molecule has 0 aliphatic heterocycles. The van der Waals surface area contributed by atoms with E-state index in [1.807, 2.05) is 0 Å². The number of halogens is 4. The zero-order valence-corrected chi connectivity index (χ0v) is 10.7. The molecule has 0 bridgehead atoms. The minimum Gasteiger partial charge on any atom is -0.233 e. The summed E-state index contributed by atoms with van der Waals surface area (Å²) in [5.41, 5.74) is -2.92. The van der Waals surface area contributed by atoms with E-state index in [0.29, 0.717) is 25.7 Å². The average Bonchev–Trinajstić information content (AvgIpc) is 2.38. The van der Waals surface area contributed by atoms with E-state index in [9.17, 15) is 17.6 Å². The highest BCUT2D eigenvalue weighted by Crippen LogP contribution is 2.53. The zero-order chi connectivity index (χ0) is 13.2. The second kappa shape index (κ2) is 5.38. The van der Waals surface area contributed by atoms with Gasteiger partial charge in [0.2, 0.25) is 5.67 Å². The Balaban J connectivity index is 2.21. The topological polar surface area (TPSA) is 0 Å². The normalized spacial score (nSPS) is 25.3. The Morgan fingerprint density at radius 3 is 1.17 bits per heavy atom. The van der Waals surface area contributed by atoms with E-state index in [0.717, 1.165) is 38.5 Å². The standard InChI is InChI=1S/C14H22F4/c15-13(14(16,17)18,11-7-3-1-4-8-11)12-9-5-2-6-10-12/h11-12H,1-10H2. The maximum Gasteiger partial charge on any atom is 0.423 e. The van der Waals surface area contributed by atoms with Crippen molar-refractivity contribution >= 4 is 0 Å². The van der Waals surface area contributed by atoms with Gasteiger partial charge in [-0.25, -0.2) is 4.39 Å². The summed E-state index contributed by atoms with van der Waals surface area (Å²) in [6, 6.07) is 0. The Hall–Kier alpha value is -0.280. The van der Waals surface area contributed by atoms with Gasteiger partial charge in [-0.15, -0.1) is 0 Å². The van der Waals surface area contributed by atoms with Gasteiger partial charge in [-0.05, 0) is 25.7 Å². The van der Waals surface area contributed by atoms with Gasteiger partial charge in [-0.1, -0.05) is 38.5 Å². The maximum atomic E-state index is 14.9. The molecule has 2 fully saturated rings. The number of rotatable bonds is 2. The smallest absolute Gasteiger partial charge is 0.233 e. The molecule has 0 atom stereocenters. The summed E-state index contributed by atoms with van der Waals surface area (Å²) in [5.74, 6) is -1.59. The first-order chi connectivity index (χ1) is 8.46. The van der Waals surface area contributed by atoms with Gasteiger partial charge in [0.25, 0.3) is 0 Å². The summed E-state index contributed by atoms with van der Waals surface area (Å²) in [6.07, 6.45) is 1.84. The van der Waals surface area contributed by atoms with E-state index in [-0.39, 0.29) is 0 Å². The van der Waals surface area contributed by atoms with Crippen molar-refractivity contribution in [3.63, 3.8) is 0 Å². The highest BCUT2D eigenvalue weighted by molar-refractivity contribution is 5.00. The first-order valence-corrected chi connectivity index (χ1v) is 7.22. The summed E-state index contributed by atoms with van der Waals surface area (Å²) >= 11 is 0. The molecule has 2 saturated carbocycles. The summed E-state index contributed by atoms with van der Waals surface area (Å²) in [6.45, 7) is 0. The van der Waals surface area contributed by atoms with Crippen LogP contribution in [0.15, 0.2) is 0 Å². The van der Waals surface area contributed by atoms with Crippen molar-refractivity contribution in [1.29, 1.82) is 0 Å². The summed E-state index contributed by atoms with van der Waals surface area (Å²) < 4.78 is 54.8. The number of hydrogen-bond donors (Lipinski definition) is 0. The fourth-order valence-electron chi connectivity index (χ4n) is 3.84. The molecule has 0 aromatic rings. The van der Waals surface area contributed by atoms with Gasteiger partial charge in [-0.2, -0.15) is 13.2 Å². The average molecular weight is 266 g/mol. The predicted molar refractivity (Wildman–Crippen MR) is 63.0 cm³/mol. The lowest BCUT2D eigenvalue weighted by molar-refractivity contribution is -0.274. The predicted octanol–water partition coefficient (Wildman–Crippen LogP) is 5.42. The molecule has 0 aromatic carbocycles. The molecule has 18 heavy (non-hydrogen) atoms. The zero-order valence-electron chi connectivity index (χ0n) is 10.7. The fourth-order valence-corrected chi connectivity index (χ4v) is 3.84. The third-order valence-electron chi connectivity index (χ3n) is 4.83. The molecule has 2 aliphatic carbocycles. The van der Waals surface area contributed by atoms with Crippen LogP contribution in [0.2, 0.25) is 0 Å². The van der Waals surface area contributed by atoms with Crippen molar-refractivity contribution < 1.29 is 17.6 Å². The molecule has 2 rings (SSSR count). The first-order valence-electron chi connectivity index (χ1n) is 7.22. The maximum absolute atomic E-state index is 14.9. The van der Waals surface area contributed by atoms with Crippen LogP contribution >= 0.6 is 0 Å². The number of hydrogen-bond acceptors (Lipinski definition) is 0. The summed E-state index contributed by atoms with van der Waals surface area (Å²) in [4.78, 5) is 0. The van der Waals surface area contributed by atoms with Crippen molar-refractivity contribution in [1.82, 2.24) is 0 Å². The van der Waals surface area contributed by atoms with E-state index < -0.39 is 23.7 Å². The highest BCUT2D eigenvalue weighted by atomic mass is 19.4. The molecule has 0 unspecified atom stereocenters. The molecule has 0 N–H and O–H groups in total. The van der Waals surface area contributed by atoms with Gasteiger partial charge in [0.05, 0.1) is 0 Å². The molecule has 106 valence electrons. The Bertz CT molecular complexity index is 241. The molecule has 0 aromatic heterocycles. The van der Waals surface area contributed by atoms with Crippen LogP contribution in [0.1, 0.15) is 64.2 Å². The molecule has 0 nitrogen and oxygen atoms in total. The Morgan fingerprint density at radius 2 is 0.889 bits per heavy atom. The van der Waals surface area contributed by atoms with Gasteiger partial charge in [0.15, 0.2) is 0 Å². The Morgan fingerprint density at radius 1 is 0.556 bits per heavy atom. The monoisotopic (exact) mass is 266 g/mol. The van der Waals surface area contributed by atoms with E-state index in [1.54, 1.807) is 0 Å². The van der Waals surface area contributed by atoms with Crippen LogP contribution < -0.4 is 0 Å². The van der Waals surface area contributed by atoms with Gasteiger partial charge >= 0.3 is 6.18 Å². The van der Waals surface area contributed by atoms with Crippen molar-refractivity contribution in [2.24, 2.45) is 11.8 Å². The van der Waals surface area contributed by atoms with Crippen molar-refractivity contribution in [3.8, 4) is 0 Å². The van der Waals surface area contributed by atoms with Crippen LogP contribution in [0.5, 0.6) is 0 Å². The molecular weight excluding hydrogens is 244 g/mol. The SMILES string of the molecule is FC(F)(F)C(F)(C1CCCCC1)C1CCCCC1. The Labute approximate surface area is 106 Å². The van der Waals surface area contributed by atoms with Gasteiger partial charge in [0, 0.05) is 11.8 Å².